The van der Waals surface area contributed by atoms with E-state index in [2.05, 4.69) is 37.7 Å². The molecule has 1 atom stereocenters. The monoisotopic (exact) mass is 412 g/mol. The summed E-state index contributed by atoms with van der Waals surface area (Å²) in [5.41, 5.74) is 2.40. The molecule has 0 saturated heterocycles. The van der Waals surface area contributed by atoms with Crippen LogP contribution in [0.3, 0.4) is 0 Å². The average molecular weight is 412 g/mol. The molecular formula is C21H28N6O3. The summed E-state index contributed by atoms with van der Waals surface area (Å²) < 4.78 is 10.9. The minimum atomic E-state index is 0.0971. The van der Waals surface area contributed by atoms with Gasteiger partial charge in [0.15, 0.2) is 0 Å². The molecule has 0 radical (unpaired) electrons. The molecule has 0 aliphatic carbocycles. The summed E-state index contributed by atoms with van der Waals surface area (Å²) in [6.07, 6.45) is 2.37. The van der Waals surface area contributed by atoms with Gasteiger partial charge in [-0.15, -0.1) is 0 Å². The quantitative estimate of drug-likeness (QED) is 0.307. The number of ether oxygens (including phenoxy) is 2. The van der Waals surface area contributed by atoms with Crippen LogP contribution in [0.1, 0.15) is 20.8 Å². The highest BCUT2D eigenvalue weighted by atomic mass is 16.5. The maximum atomic E-state index is 10.2. The first-order valence-corrected chi connectivity index (χ1v) is 10.0. The fraction of sp³-hybridized carbons (Fsp3) is 0.429. The Kier molecular flexibility index (Phi) is 7.69. The van der Waals surface area contributed by atoms with Gasteiger partial charge in [-0.1, -0.05) is 0 Å². The number of benzene rings is 1. The Morgan fingerprint density at radius 2 is 2.07 bits per heavy atom. The van der Waals surface area contributed by atoms with Gasteiger partial charge in [0.05, 0.1) is 23.9 Å². The first kappa shape index (κ1) is 21.7. The Morgan fingerprint density at radius 1 is 1.20 bits per heavy atom. The third-order valence-electron chi connectivity index (χ3n) is 4.33. The number of carbonyl (C=O) groups is 1. The van der Waals surface area contributed by atoms with E-state index in [1.165, 1.54) is 6.33 Å². The van der Waals surface area contributed by atoms with Crippen molar-refractivity contribution in [1.29, 1.82) is 0 Å². The minimum Gasteiger partial charge on any atom is -0.491 e. The van der Waals surface area contributed by atoms with Crippen LogP contribution in [0.15, 0.2) is 30.6 Å². The van der Waals surface area contributed by atoms with Crippen LogP contribution in [0.4, 0.5) is 5.82 Å². The second kappa shape index (κ2) is 10.7. The molecule has 9 heteroatoms. The number of hydrogen-bond donors (Lipinski definition) is 3. The molecule has 3 rings (SSSR count). The molecular weight excluding hydrogens is 384 g/mol. The lowest BCUT2D eigenvalue weighted by atomic mass is 10.1. The van der Waals surface area contributed by atoms with Gasteiger partial charge in [-0.2, -0.15) is 5.10 Å². The first-order chi connectivity index (χ1) is 14.6. The third-order valence-corrected chi connectivity index (χ3v) is 4.33. The lowest BCUT2D eigenvalue weighted by Crippen LogP contribution is -2.35. The summed E-state index contributed by atoms with van der Waals surface area (Å²) >= 11 is 0. The van der Waals surface area contributed by atoms with Crippen LogP contribution >= 0.6 is 0 Å². The fourth-order valence-electron chi connectivity index (χ4n) is 2.96. The molecule has 0 amide bonds. The molecule has 2 heterocycles. The van der Waals surface area contributed by atoms with E-state index in [0.29, 0.717) is 19.7 Å². The first-order valence-electron chi connectivity index (χ1n) is 10.0. The number of aromatic nitrogens is 4. The van der Waals surface area contributed by atoms with Gasteiger partial charge in [0.25, 0.3) is 0 Å². The zero-order valence-corrected chi connectivity index (χ0v) is 17.5. The molecule has 2 aromatic heterocycles. The van der Waals surface area contributed by atoms with Crippen molar-refractivity contribution in [3.05, 3.63) is 30.6 Å². The van der Waals surface area contributed by atoms with E-state index >= 15 is 0 Å². The largest absolute Gasteiger partial charge is 0.491 e. The summed E-state index contributed by atoms with van der Waals surface area (Å²) in [5, 5.41) is 15.1. The number of rotatable bonds is 12. The van der Waals surface area contributed by atoms with Gasteiger partial charge in [-0.25, -0.2) is 9.97 Å². The van der Waals surface area contributed by atoms with E-state index in [4.69, 9.17) is 9.47 Å². The van der Waals surface area contributed by atoms with Crippen LogP contribution in [-0.4, -0.2) is 64.9 Å². The topological polar surface area (TPSA) is 114 Å². The predicted molar refractivity (Wildman–Crippen MR) is 116 cm³/mol. The van der Waals surface area contributed by atoms with Crippen LogP contribution in [0.5, 0.6) is 5.75 Å². The van der Waals surface area contributed by atoms with E-state index in [-0.39, 0.29) is 18.8 Å². The van der Waals surface area contributed by atoms with Gasteiger partial charge in [0, 0.05) is 30.6 Å². The van der Waals surface area contributed by atoms with Crippen LogP contribution in [-0.2, 0) is 9.53 Å². The number of nitrogens with zero attached hydrogens (tertiary/aromatic N) is 3. The van der Waals surface area contributed by atoms with Gasteiger partial charge in [0.2, 0.25) is 0 Å². The lowest BCUT2D eigenvalue weighted by molar-refractivity contribution is -0.111. The van der Waals surface area contributed by atoms with E-state index in [9.17, 15) is 4.79 Å². The Bertz CT molecular complexity index is 959. The number of hydrogen-bond acceptors (Lipinski definition) is 8. The molecule has 0 aliphatic heterocycles. The maximum Gasteiger partial charge on any atom is 0.145 e. The van der Waals surface area contributed by atoms with Gasteiger partial charge in [-0.05, 0) is 39.0 Å². The predicted octanol–water partition coefficient (Wildman–Crippen LogP) is 2.41. The fourth-order valence-corrected chi connectivity index (χ4v) is 2.96. The van der Waals surface area contributed by atoms with Crippen molar-refractivity contribution in [2.75, 3.05) is 31.6 Å². The van der Waals surface area contributed by atoms with E-state index in [0.717, 1.165) is 40.1 Å². The summed E-state index contributed by atoms with van der Waals surface area (Å²) in [5.74, 6) is 1.51. The van der Waals surface area contributed by atoms with Gasteiger partial charge >= 0.3 is 0 Å². The summed E-state index contributed by atoms with van der Waals surface area (Å²) in [6.45, 7) is 8.03. The van der Waals surface area contributed by atoms with Crippen LogP contribution in [0, 0.1) is 0 Å². The van der Waals surface area contributed by atoms with Crippen molar-refractivity contribution in [2.45, 2.75) is 32.9 Å². The molecule has 0 fully saturated rings. The zero-order chi connectivity index (χ0) is 21.3. The van der Waals surface area contributed by atoms with Crippen molar-refractivity contribution >= 4 is 23.0 Å². The molecule has 1 aromatic carbocycles. The highest BCUT2D eigenvalue weighted by Gasteiger charge is 2.12. The highest BCUT2D eigenvalue weighted by molar-refractivity contribution is 5.93. The molecule has 0 bridgehead atoms. The van der Waals surface area contributed by atoms with Crippen LogP contribution in [0.25, 0.3) is 22.3 Å². The Balaban J connectivity index is 1.64. The summed E-state index contributed by atoms with van der Waals surface area (Å²) in [4.78, 5) is 18.9. The molecule has 3 N–H and O–H groups in total. The SMILES string of the molecule is CC(C)Oc1ccc2[nH]nc(-c3cc(NC[C@H](C)NCCOCC=O)ncn3)c2c1. The van der Waals surface area contributed by atoms with Crippen molar-refractivity contribution in [3.63, 3.8) is 0 Å². The molecule has 0 saturated carbocycles. The molecule has 0 unspecified atom stereocenters. The van der Waals surface area contributed by atoms with E-state index in [1.807, 2.05) is 38.1 Å². The molecule has 3 aromatic rings. The highest BCUT2D eigenvalue weighted by Crippen LogP contribution is 2.29. The van der Waals surface area contributed by atoms with Crippen molar-refractivity contribution in [1.82, 2.24) is 25.5 Å². The second-order valence-electron chi connectivity index (χ2n) is 7.21. The summed E-state index contributed by atoms with van der Waals surface area (Å²) in [6, 6.07) is 7.93. The smallest absolute Gasteiger partial charge is 0.145 e. The van der Waals surface area contributed by atoms with Crippen molar-refractivity contribution in [3.8, 4) is 17.1 Å². The number of carbonyl (C=O) groups excluding carboxylic acids is 1. The maximum absolute atomic E-state index is 10.2. The van der Waals surface area contributed by atoms with Gasteiger partial charge in [-0.3, -0.25) is 5.10 Å². The second-order valence-corrected chi connectivity index (χ2v) is 7.21. The molecule has 0 spiro atoms. The number of anilines is 1. The van der Waals surface area contributed by atoms with Crippen LogP contribution < -0.4 is 15.4 Å². The normalized spacial score (nSPS) is 12.3. The zero-order valence-electron chi connectivity index (χ0n) is 17.5. The van der Waals surface area contributed by atoms with Gasteiger partial charge < -0.3 is 24.9 Å². The average Bonchev–Trinajstić information content (AvgIpc) is 3.15. The summed E-state index contributed by atoms with van der Waals surface area (Å²) in [7, 11) is 0. The lowest BCUT2D eigenvalue weighted by Gasteiger charge is -2.15. The molecule has 30 heavy (non-hydrogen) atoms. The Hall–Kier alpha value is -3.04. The van der Waals surface area contributed by atoms with Crippen molar-refractivity contribution in [2.24, 2.45) is 0 Å². The van der Waals surface area contributed by atoms with Crippen molar-refractivity contribution < 1.29 is 14.3 Å². The standard InChI is InChI=1S/C21H28N6O3/c1-14(2)30-16-4-5-18-17(10-16)21(27-26-18)19-11-20(25-13-24-19)23-12-15(3)22-6-8-29-9-7-28/h4-5,7,10-11,13-15,22H,6,8-9,12H2,1-3H3,(H,26,27)(H,23,24,25)/t15-/m0/s1. The Morgan fingerprint density at radius 3 is 2.87 bits per heavy atom. The molecule has 9 nitrogen and oxygen atoms in total. The molecule has 0 aliphatic rings. The molecule has 160 valence electrons. The number of nitrogens with one attached hydrogen (secondary N) is 3. The number of aromatic amines is 1. The third kappa shape index (κ3) is 5.98. The Labute approximate surface area is 175 Å². The number of aldehydes is 1. The van der Waals surface area contributed by atoms with E-state index < -0.39 is 0 Å². The minimum absolute atomic E-state index is 0.0971. The number of fused-ring (bicyclic) bond motifs is 1. The number of H-pyrrole nitrogens is 1. The van der Waals surface area contributed by atoms with Gasteiger partial charge in [0.1, 0.15) is 36.5 Å². The van der Waals surface area contributed by atoms with Crippen LogP contribution in [0.2, 0.25) is 0 Å². The van der Waals surface area contributed by atoms with E-state index in [1.54, 1.807) is 0 Å².